The Kier molecular flexibility index (Phi) is 5.09. The van der Waals surface area contributed by atoms with Gasteiger partial charge in [-0.1, -0.05) is 17.7 Å². The van der Waals surface area contributed by atoms with Crippen LogP contribution in [-0.2, 0) is 11.3 Å². The molecule has 0 saturated carbocycles. The number of amides is 1. The van der Waals surface area contributed by atoms with E-state index in [1.54, 1.807) is 35.8 Å². The second-order valence-corrected chi connectivity index (χ2v) is 6.82. The van der Waals surface area contributed by atoms with Gasteiger partial charge in [0.25, 0.3) is 5.56 Å². The Morgan fingerprint density at radius 3 is 2.62 bits per heavy atom. The predicted octanol–water partition coefficient (Wildman–Crippen LogP) is 4.00. The summed E-state index contributed by atoms with van der Waals surface area (Å²) >= 11 is 5.93. The summed E-state index contributed by atoms with van der Waals surface area (Å²) in [5.74, 6) is -0.175. The molecule has 1 heterocycles. The van der Waals surface area contributed by atoms with E-state index in [-0.39, 0.29) is 24.4 Å². The molecule has 3 rings (SSSR count). The first kappa shape index (κ1) is 18.1. The molecule has 26 heavy (non-hydrogen) atoms. The molecule has 3 aromatic rings. The van der Waals surface area contributed by atoms with Crippen molar-refractivity contribution in [1.82, 2.24) is 9.55 Å². The lowest BCUT2D eigenvalue weighted by atomic mass is 10.1. The molecule has 0 spiro atoms. The van der Waals surface area contributed by atoms with Gasteiger partial charge in [-0.2, -0.15) is 0 Å². The van der Waals surface area contributed by atoms with Gasteiger partial charge in [0.15, 0.2) is 0 Å². The van der Waals surface area contributed by atoms with E-state index in [1.807, 2.05) is 26.0 Å². The standard InChI is InChI=1S/C20H20ClN3O2/c1-12-9-17-18(10-13(12)2)24(20(26)14(3)22-17)8-7-19(25)23-16-6-4-5-15(21)11-16/h4-6,9-11H,7-8H2,1-3H3,(H,23,25). The van der Waals surface area contributed by atoms with Gasteiger partial charge in [-0.3, -0.25) is 9.59 Å². The molecule has 134 valence electrons. The molecule has 0 fully saturated rings. The van der Waals surface area contributed by atoms with Gasteiger partial charge in [-0.05, 0) is 62.2 Å². The Balaban J connectivity index is 1.86. The maximum Gasteiger partial charge on any atom is 0.272 e. The topological polar surface area (TPSA) is 64.0 Å². The van der Waals surface area contributed by atoms with Crippen LogP contribution in [0.5, 0.6) is 0 Å². The molecule has 0 atom stereocenters. The summed E-state index contributed by atoms with van der Waals surface area (Å²) in [5, 5.41) is 3.36. The van der Waals surface area contributed by atoms with Crippen LogP contribution in [0.25, 0.3) is 11.0 Å². The van der Waals surface area contributed by atoms with Gasteiger partial charge in [0.05, 0.1) is 11.0 Å². The Hall–Kier alpha value is -2.66. The van der Waals surface area contributed by atoms with Crippen LogP contribution in [0, 0.1) is 20.8 Å². The zero-order valence-corrected chi connectivity index (χ0v) is 15.7. The monoisotopic (exact) mass is 369 g/mol. The van der Waals surface area contributed by atoms with Crippen molar-refractivity contribution in [3.63, 3.8) is 0 Å². The molecule has 5 nitrogen and oxygen atoms in total. The number of carbonyl (C=O) groups excluding carboxylic acids is 1. The van der Waals surface area contributed by atoms with Crippen LogP contribution in [0.1, 0.15) is 23.2 Å². The van der Waals surface area contributed by atoms with E-state index in [1.165, 1.54) is 0 Å². The fourth-order valence-electron chi connectivity index (χ4n) is 2.85. The van der Waals surface area contributed by atoms with E-state index < -0.39 is 0 Å². The average molecular weight is 370 g/mol. The van der Waals surface area contributed by atoms with Gasteiger partial charge in [0.2, 0.25) is 5.91 Å². The number of rotatable bonds is 4. The number of anilines is 1. The molecule has 1 amide bonds. The largest absolute Gasteiger partial charge is 0.326 e. The van der Waals surface area contributed by atoms with Crippen molar-refractivity contribution in [3.05, 3.63) is 68.6 Å². The van der Waals surface area contributed by atoms with Gasteiger partial charge >= 0.3 is 0 Å². The third kappa shape index (κ3) is 3.78. The number of aromatic nitrogens is 2. The maximum absolute atomic E-state index is 12.5. The molecule has 0 saturated heterocycles. The van der Waals surface area contributed by atoms with Crippen molar-refractivity contribution in [2.75, 3.05) is 5.32 Å². The predicted molar refractivity (Wildman–Crippen MR) is 105 cm³/mol. The lowest BCUT2D eigenvalue weighted by Crippen LogP contribution is -2.26. The van der Waals surface area contributed by atoms with Crippen LogP contribution in [-0.4, -0.2) is 15.5 Å². The highest BCUT2D eigenvalue weighted by Crippen LogP contribution is 2.18. The minimum atomic E-state index is -0.175. The van der Waals surface area contributed by atoms with E-state index in [9.17, 15) is 9.59 Å². The highest BCUT2D eigenvalue weighted by molar-refractivity contribution is 6.30. The number of carbonyl (C=O) groups is 1. The van der Waals surface area contributed by atoms with Gasteiger partial charge in [-0.15, -0.1) is 0 Å². The minimum Gasteiger partial charge on any atom is -0.326 e. The molecule has 1 N–H and O–H groups in total. The minimum absolute atomic E-state index is 0.170. The summed E-state index contributed by atoms with van der Waals surface area (Å²) in [6.45, 7) is 5.99. The summed E-state index contributed by atoms with van der Waals surface area (Å²) in [4.78, 5) is 29.2. The lowest BCUT2D eigenvalue weighted by molar-refractivity contribution is -0.116. The van der Waals surface area contributed by atoms with E-state index in [0.29, 0.717) is 16.4 Å². The van der Waals surface area contributed by atoms with Crippen LogP contribution >= 0.6 is 11.6 Å². The first-order valence-electron chi connectivity index (χ1n) is 8.39. The zero-order chi connectivity index (χ0) is 18.8. The van der Waals surface area contributed by atoms with Gasteiger partial charge < -0.3 is 9.88 Å². The summed E-state index contributed by atoms with van der Waals surface area (Å²) in [7, 11) is 0. The van der Waals surface area contributed by atoms with E-state index in [2.05, 4.69) is 10.3 Å². The van der Waals surface area contributed by atoms with Crippen LogP contribution in [0.4, 0.5) is 5.69 Å². The summed E-state index contributed by atoms with van der Waals surface area (Å²) in [5.41, 5.74) is 4.61. The summed E-state index contributed by atoms with van der Waals surface area (Å²) in [6, 6.07) is 10.9. The van der Waals surface area contributed by atoms with Crippen molar-refractivity contribution in [2.24, 2.45) is 0 Å². The third-order valence-corrected chi connectivity index (χ3v) is 4.63. The normalized spacial score (nSPS) is 10.9. The number of aryl methyl sites for hydroxylation is 4. The molecule has 6 heteroatoms. The number of hydrogen-bond acceptors (Lipinski definition) is 3. The molecule has 0 bridgehead atoms. The van der Waals surface area contributed by atoms with Crippen molar-refractivity contribution in [1.29, 1.82) is 0 Å². The molecule has 0 aliphatic carbocycles. The molecular weight excluding hydrogens is 350 g/mol. The SMILES string of the molecule is Cc1cc2nc(C)c(=O)n(CCC(=O)Nc3cccc(Cl)c3)c2cc1C. The Bertz CT molecular complexity index is 1060. The lowest BCUT2D eigenvalue weighted by Gasteiger charge is -2.13. The fourth-order valence-corrected chi connectivity index (χ4v) is 3.04. The molecule has 0 unspecified atom stereocenters. The van der Waals surface area contributed by atoms with E-state index in [4.69, 9.17) is 11.6 Å². The number of fused-ring (bicyclic) bond motifs is 1. The third-order valence-electron chi connectivity index (χ3n) is 4.40. The molecule has 2 aromatic carbocycles. The highest BCUT2D eigenvalue weighted by atomic mass is 35.5. The maximum atomic E-state index is 12.5. The smallest absolute Gasteiger partial charge is 0.272 e. The number of nitrogens with one attached hydrogen (secondary N) is 1. The molecule has 0 radical (unpaired) electrons. The molecule has 0 aliphatic heterocycles. The van der Waals surface area contributed by atoms with Crippen molar-refractivity contribution >= 4 is 34.2 Å². The van der Waals surface area contributed by atoms with Gasteiger partial charge in [-0.25, -0.2) is 4.98 Å². The highest BCUT2D eigenvalue weighted by Gasteiger charge is 2.11. The number of benzene rings is 2. The Labute approximate surface area is 156 Å². The van der Waals surface area contributed by atoms with Crippen LogP contribution in [0.2, 0.25) is 5.02 Å². The van der Waals surface area contributed by atoms with Crippen LogP contribution in [0.3, 0.4) is 0 Å². The molecular formula is C20H20ClN3O2. The fraction of sp³-hybridized carbons (Fsp3) is 0.250. The van der Waals surface area contributed by atoms with Gasteiger partial charge in [0.1, 0.15) is 5.69 Å². The zero-order valence-electron chi connectivity index (χ0n) is 15.0. The van der Waals surface area contributed by atoms with Gasteiger partial charge in [0, 0.05) is 23.7 Å². The number of nitrogens with zero attached hydrogens (tertiary/aromatic N) is 2. The van der Waals surface area contributed by atoms with Crippen LogP contribution < -0.4 is 10.9 Å². The quantitative estimate of drug-likeness (QED) is 0.755. The Morgan fingerprint density at radius 1 is 1.15 bits per heavy atom. The van der Waals surface area contributed by atoms with E-state index >= 15 is 0 Å². The second-order valence-electron chi connectivity index (χ2n) is 6.39. The molecule has 0 aliphatic rings. The summed E-state index contributed by atoms with van der Waals surface area (Å²) < 4.78 is 1.63. The van der Waals surface area contributed by atoms with Crippen LogP contribution in [0.15, 0.2) is 41.2 Å². The first-order chi connectivity index (χ1) is 12.3. The van der Waals surface area contributed by atoms with Crippen molar-refractivity contribution in [2.45, 2.75) is 33.7 Å². The number of halogens is 1. The van der Waals surface area contributed by atoms with E-state index in [0.717, 1.165) is 22.2 Å². The Morgan fingerprint density at radius 2 is 1.88 bits per heavy atom. The molecule has 1 aromatic heterocycles. The summed E-state index contributed by atoms with van der Waals surface area (Å²) in [6.07, 6.45) is 0.178. The van der Waals surface area contributed by atoms with Crippen molar-refractivity contribution < 1.29 is 4.79 Å². The van der Waals surface area contributed by atoms with Crippen molar-refractivity contribution in [3.8, 4) is 0 Å². The first-order valence-corrected chi connectivity index (χ1v) is 8.77. The number of hydrogen-bond donors (Lipinski definition) is 1. The second kappa shape index (κ2) is 7.30. The average Bonchev–Trinajstić information content (AvgIpc) is 2.57.